The summed E-state index contributed by atoms with van der Waals surface area (Å²) in [5.41, 5.74) is 1.50. The molecule has 0 spiro atoms. The van der Waals surface area contributed by atoms with E-state index in [0.29, 0.717) is 28.6 Å². The Morgan fingerprint density at radius 2 is 1.38 bits per heavy atom. The van der Waals surface area contributed by atoms with Gasteiger partial charge in [0.05, 0.1) is 6.54 Å². The summed E-state index contributed by atoms with van der Waals surface area (Å²) in [5.74, 6) is 2.71. The maximum Gasteiger partial charge on any atom is 0.181 e. The number of hydrogen-bond donors (Lipinski definition) is 1. The predicted octanol–water partition coefficient (Wildman–Crippen LogP) is 4.88. The SMILES string of the molecule is O=C(CNc1ccc2c(c1)Oc1ccccc1O2)c1ccccc1. The van der Waals surface area contributed by atoms with E-state index in [1.807, 2.05) is 72.8 Å². The molecular weight excluding hydrogens is 302 g/mol. The van der Waals surface area contributed by atoms with Gasteiger partial charge in [-0.1, -0.05) is 42.5 Å². The van der Waals surface area contributed by atoms with Crippen molar-refractivity contribution < 1.29 is 14.3 Å². The van der Waals surface area contributed by atoms with Crippen LogP contribution in [0.3, 0.4) is 0 Å². The van der Waals surface area contributed by atoms with Crippen molar-refractivity contribution >= 4 is 11.5 Å². The normalized spacial score (nSPS) is 11.5. The third-order valence-corrected chi connectivity index (χ3v) is 3.78. The summed E-state index contributed by atoms with van der Waals surface area (Å²) >= 11 is 0. The van der Waals surface area contributed by atoms with E-state index in [1.165, 1.54) is 0 Å². The second-order valence-corrected chi connectivity index (χ2v) is 5.46. The molecule has 0 amide bonds. The summed E-state index contributed by atoms with van der Waals surface area (Å²) in [5, 5.41) is 3.13. The van der Waals surface area contributed by atoms with Gasteiger partial charge in [-0.15, -0.1) is 0 Å². The van der Waals surface area contributed by atoms with E-state index in [2.05, 4.69) is 5.32 Å². The maximum atomic E-state index is 12.2. The molecule has 3 aromatic carbocycles. The fourth-order valence-electron chi connectivity index (χ4n) is 2.55. The van der Waals surface area contributed by atoms with Crippen molar-refractivity contribution in [3.05, 3.63) is 78.4 Å². The lowest BCUT2D eigenvalue weighted by Gasteiger charge is -2.21. The highest BCUT2D eigenvalue weighted by molar-refractivity contribution is 5.98. The molecule has 0 aromatic heterocycles. The van der Waals surface area contributed by atoms with Gasteiger partial charge in [-0.2, -0.15) is 0 Å². The Morgan fingerprint density at radius 3 is 2.12 bits per heavy atom. The largest absolute Gasteiger partial charge is 0.450 e. The van der Waals surface area contributed by atoms with Gasteiger partial charge in [0, 0.05) is 17.3 Å². The monoisotopic (exact) mass is 317 g/mol. The van der Waals surface area contributed by atoms with Gasteiger partial charge >= 0.3 is 0 Å². The molecule has 0 aliphatic carbocycles. The first kappa shape index (κ1) is 14.3. The first-order valence-electron chi connectivity index (χ1n) is 7.70. The number of Topliss-reactive ketones (excluding diaryl/α,β-unsaturated/α-hetero) is 1. The third-order valence-electron chi connectivity index (χ3n) is 3.78. The van der Waals surface area contributed by atoms with Crippen LogP contribution in [0.25, 0.3) is 0 Å². The molecule has 0 bridgehead atoms. The van der Waals surface area contributed by atoms with Gasteiger partial charge < -0.3 is 14.8 Å². The van der Waals surface area contributed by atoms with Crippen LogP contribution in [0.1, 0.15) is 10.4 Å². The molecule has 24 heavy (non-hydrogen) atoms. The zero-order chi connectivity index (χ0) is 16.4. The van der Waals surface area contributed by atoms with Crippen molar-refractivity contribution in [2.75, 3.05) is 11.9 Å². The van der Waals surface area contributed by atoms with Crippen molar-refractivity contribution in [2.24, 2.45) is 0 Å². The minimum absolute atomic E-state index is 0.0378. The number of para-hydroxylation sites is 2. The molecule has 1 aliphatic rings. The quantitative estimate of drug-likeness (QED) is 0.545. The minimum atomic E-state index is 0.0378. The molecule has 0 radical (unpaired) electrons. The van der Waals surface area contributed by atoms with E-state index in [-0.39, 0.29) is 12.3 Å². The number of nitrogens with one attached hydrogen (secondary N) is 1. The van der Waals surface area contributed by atoms with E-state index < -0.39 is 0 Å². The molecule has 4 rings (SSSR count). The average molecular weight is 317 g/mol. The van der Waals surface area contributed by atoms with E-state index >= 15 is 0 Å². The molecule has 0 saturated carbocycles. The van der Waals surface area contributed by atoms with Gasteiger partial charge in [0.25, 0.3) is 0 Å². The second kappa shape index (κ2) is 6.08. The maximum absolute atomic E-state index is 12.2. The Kier molecular flexibility index (Phi) is 3.63. The van der Waals surface area contributed by atoms with Gasteiger partial charge in [-0.05, 0) is 24.3 Å². The van der Waals surface area contributed by atoms with Crippen LogP contribution < -0.4 is 14.8 Å². The second-order valence-electron chi connectivity index (χ2n) is 5.46. The van der Waals surface area contributed by atoms with Gasteiger partial charge in [-0.25, -0.2) is 0 Å². The molecule has 0 atom stereocenters. The molecule has 3 aromatic rings. The van der Waals surface area contributed by atoms with Gasteiger partial charge in [0.15, 0.2) is 28.8 Å². The van der Waals surface area contributed by atoms with Crippen molar-refractivity contribution in [1.82, 2.24) is 0 Å². The van der Waals surface area contributed by atoms with E-state index in [4.69, 9.17) is 9.47 Å². The molecule has 4 heteroatoms. The molecule has 1 aliphatic heterocycles. The first-order chi connectivity index (χ1) is 11.8. The highest BCUT2D eigenvalue weighted by Gasteiger charge is 2.18. The number of anilines is 1. The summed E-state index contributed by atoms with van der Waals surface area (Å²) in [7, 11) is 0. The smallest absolute Gasteiger partial charge is 0.181 e. The number of benzene rings is 3. The lowest BCUT2D eigenvalue weighted by Crippen LogP contribution is -2.14. The third kappa shape index (κ3) is 2.82. The highest BCUT2D eigenvalue weighted by Crippen LogP contribution is 2.45. The van der Waals surface area contributed by atoms with Crippen LogP contribution in [-0.4, -0.2) is 12.3 Å². The molecule has 118 valence electrons. The van der Waals surface area contributed by atoms with Crippen molar-refractivity contribution in [2.45, 2.75) is 0 Å². The molecule has 1 heterocycles. The summed E-state index contributed by atoms with van der Waals surface area (Å²) < 4.78 is 11.7. The van der Waals surface area contributed by atoms with Crippen molar-refractivity contribution in [3.8, 4) is 23.0 Å². The van der Waals surface area contributed by atoms with Crippen LogP contribution in [0, 0.1) is 0 Å². The summed E-state index contributed by atoms with van der Waals surface area (Å²) in [6, 6.07) is 22.3. The molecule has 0 fully saturated rings. The fourth-order valence-corrected chi connectivity index (χ4v) is 2.55. The lowest BCUT2D eigenvalue weighted by molar-refractivity contribution is 0.101. The Hall–Kier alpha value is -3.27. The fraction of sp³-hybridized carbons (Fsp3) is 0.0500. The van der Waals surface area contributed by atoms with Crippen molar-refractivity contribution in [1.29, 1.82) is 0 Å². The van der Waals surface area contributed by atoms with E-state index in [0.717, 1.165) is 5.69 Å². The summed E-state index contributed by atoms with van der Waals surface area (Å²) in [4.78, 5) is 12.2. The zero-order valence-electron chi connectivity index (χ0n) is 12.9. The van der Waals surface area contributed by atoms with Crippen molar-refractivity contribution in [3.63, 3.8) is 0 Å². The Bertz CT molecular complexity index is 890. The minimum Gasteiger partial charge on any atom is -0.450 e. The number of carbonyl (C=O) groups excluding carboxylic acids is 1. The molecule has 1 N–H and O–H groups in total. The Morgan fingerprint density at radius 1 is 0.750 bits per heavy atom. The first-order valence-corrected chi connectivity index (χ1v) is 7.70. The van der Waals surface area contributed by atoms with Gasteiger partial charge in [-0.3, -0.25) is 4.79 Å². The molecular formula is C20H15NO3. The summed E-state index contributed by atoms with van der Waals surface area (Å²) in [6.07, 6.45) is 0. The Balaban J connectivity index is 1.48. The van der Waals surface area contributed by atoms with E-state index in [9.17, 15) is 4.79 Å². The van der Waals surface area contributed by atoms with E-state index in [1.54, 1.807) is 0 Å². The lowest BCUT2D eigenvalue weighted by atomic mass is 10.1. The van der Waals surface area contributed by atoms with Crippen LogP contribution in [0.4, 0.5) is 5.69 Å². The predicted molar refractivity (Wildman–Crippen MR) is 92.3 cm³/mol. The molecule has 4 nitrogen and oxygen atoms in total. The molecule has 0 unspecified atom stereocenters. The van der Waals surface area contributed by atoms with Crippen LogP contribution >= 0.6 is 0 Å². The van der Waals surface area contributed by atoms with Gasteiger partial charge in [0.1, 0.15) is 0 Å². The van der Waals surface area contributed by atoms with Crippen LogP contribution in [0.5, 0.6) is 23.0 Å². The van der Waals surface area contributed by atoms with Crippen LogP contribution in [0.2, 0.25) is 0 Å². The number of carbonyl (C=O) groups is 1. The number of ether oxygens (including phenoxy) is 2. The molecule has 0 saturated heterocycles. The highest BCUT2D eigenvalue weighted by atomic mass is 16.6. The Labute approximate surface area is 139 Å². The zero-order valence-corrected chi connectivity index (χ0v) is 12.9. The number of ketones is 1. The number of hydrogen-bond acceptors (Lipinski definition) is 4. The topological polar surface area (TPSA) is 47.6 Å². The number of rotatable bonds is 4. The average Bonchev–Trinajstić information content (AvgIpc) is 2.65. The van der Waals surface area contributed by atoms with Crippen LogP contribution in [0.15, 0.2) is 72.8 Å². The summed E-state index contributed by atoms with van der Waals surface area (Å²) in [6.45, 7) is 0.222. The van der Waals surface area contributed by atoms with Gasteiger partial charge in [0.2, 0.25) is 0 Å². The number of fused-ring (bicyclic) bond motifs is 2. The van der Waals surface area contributed by atoms with Crippen LogP contribution in [-0.2, 0) is 0 Å². The standard InChI is InChI=1S/C20H15NO3/c22-16(14-6-2-1-3-7-14)13-21-15-10-11-19-20(12-15)24-18-9-5-4-8-17(18)23-19/h1-12,21H,13H2.